The average molecular weight is 837 g/mol. The molecular formula is C43H53FN12O5. The SMILES string of the molecule is CNC(=O)COc1cc2cc(Nc3nc(N4CCN(CC5C(C)CN(c6ccc7c(C8CCC(=O)NC8=O)nn(C)c7c6)CC5C)CC4)ncc3F)cnc2n(C(C)C)c1=O. The Bertz CT molecular complexity index is 2540. The molecule has 3 N–H and O–H groups in total. The molecule has 17 nitrogen and oxygen atoms in total. The molecule has 3 unspecified atom stereocenters. The molecular weight excluding hydrogens is 784 g/mol. The van der Waals surface area contributed by atoms with Crippen LogP contribution >= 0.6 is 0 Å². The second-order valence-corrected chi connectivity index (χ2v) is 16.9. The molecule has 18 heteroatoms. The number of imide groups is 1. The Labute approximate surface area is 352 Å². The van der Waals surface area contributed by atoms with Crippen molar-refractivity contribution in [2.45, 2.75) is 52.5 Å². The molecule has 0 spiro atoms. The number of rotatable bonds is 11. The van der Waals surface area contributed by atoms with Crippen molar-refractivity contribution in [1.82, 2.24) is 44.8 Å². The zero-order valence-corrected chi connectivity index (χ0v) is 35.4. The first kappa shape index (κ1) is 41.6. The number of aromatic nitrogens is 6. The van der Waals surface area contributed by atoms with Crippen LogP contribution in [0.3, 0.4) is 0 Å². The molecule has 3 aliphatic rings. The van der Waals surface area contributed by atoms with Gasteiger partial charge in [0.1, 0.15) is 5.65 Å². The summed E-state index contributed by atoms with van der Waals surface area (Å²) in [6.45, 7) is 13.9. The average Bonchev–Trinajstić information content (AvgIpc) is 3.56. The van der Waals surface area contributed by atoms with E-state index in [0.29, 0.717) is 66.4 Å². The standard InChI is InChI=1S/C43H53FN12O5/c1-24(2)56-40-27(16-35(42(56)60)61-23-37(58)45-5)15-28(18-46-40)48-39-33(44)19-47-43(50-39)54-13-11-53(12-14-54)22-32-25(3)20-55(21-26(32)4)29-7-8-30-34(17-29)52(6)51-38(30)31-9-10-36(57)49-41(31)59/h7-8,15-19,24-26,31-32H,9-14,20-23H2,1-6H3,(H,45,58)(H,47,48,50)(H,49,57,59). The van der Waals surface area contributed by atoms with E-state index < -0.39 is 17.3 Å². The van der Waals surface area contributed by atoms with Crippen LogP contribution < -0.4 is 36.0 Å². The first-order valence-corrected chi connectivity index (χ1v) is 21.0. The molecule has 4 aromatic heterocycles. The molecule has 3 aliphatic heterocycles. The fourth-order valence-electron chi connectivity index (χ4n) is 9.08. The number of piperidine rings is 2. The predicted octanol–water partition coefficient (Wildman–Crippen LogP) is 3.71. The van der Waals surface area contributed by atoms with Crippen LogP contribution in [0.1, 0.15) is 58.2 Å². The number of likely N-dealkylation sites (N-methyl/N-ethyl adjacent to an activating group) is 1. The summed E-state index contributed by atoms with van der Waals surface area (Å²) in [7, 11) is 3.39. The summed E-state index contributed by atoms with van der Waals surface area (Å²) in [5.41, 5.74) is 3.31. The van der Waals surface area contributed by atoms with Gasteiger partial charge in [-0.15, -0.1) is 0 Å². The lowest BCUT2D eigenvalue weighted by molar-refractivity contribution is -0.134. The number of halogens is 1. The van der Waals surface area contributed by atoms with Crippen molar-refractivity contribution in [3.8, 4) is 5.75 Å². The highest BCUT2D eigenvalue weighted by Crippen LogP contribution is 2.36. The number of pyridine rings is 2. The number of carbonyl (C=O) groups is 3. The Hall–Kier alpha value is -6.17. The minimum atomic E-state index is -0.615. The maximum absolute atomic E-state index is 15.2. The van der Waals surface area contributed by atoms with Gasteiger partial charge < -0.3 is 25.2 Å². The van der Waals surface area contributed by atoms with E-state index in [1.807, 2.05) is 25.6 Å². The van der Waals surface area contributed by atoms with Crippen LogP contribution in [0.15, 0.2) is 47.5 Å². The van der Waals surface area contributed by atoms with Gasteiger partial charge in [-0.25, -0.2) is 14.4 Å². The third-order valence-electron chi connectivity index (χ3n) is 12.4. The molecule has 5 aromatic rings. The molecule has 61 heavy (non-hydrogen) atoms. The Morgan fingerprint density at radius 1 is 1.00 bits per heavy atom. The van der Waals surface area contributed by atoms with Crippen LogP contribution in [0, 0.1) is 23.6 Å². The van der Waals surface area contributed by atoms with Crippen molar-refractivity contribution < 1.29 is 23.5 Å². The summed E-state index contributed by atoms with van der Waals surface area (Å²) in [6.07, 6.45) is 3.48. The first-order valence-electron chi connectivity index (χ1n) is 21.0. The van der Waals surface area contributed by atoms with Gasteiger partial charge in [-0.1, -0.05) is 13.8 Å². The van der Waals surface area contributed by atoms with Crippen molar-refractivity contribution in [3.05, 3.63) is 64.6 Å². The number of anilines is 4. The molecule has 3 fully saturated rings. The fraction of sp³-hybridized carbons (Fsp3) is 0.488. The lowest BCUT2D eigenvalue weighted by Crippen LogP contribution is -2.52. The number of carbonyl (C=O) groups excluding carboxylic acids is 3. The van der Waals surface area contributed by atoms with E-state index in [0.717, 1.165) is 55.0 Å². The topological polar surface area (TPSA) is 185 Å². The molecule has 0 aliphatic carbocycles. The summed E-state index contributed by atoms with van der Waals surface area (Å²) >= 11 is 0. The van der Waals surface area contributed by atoms with E-state index >= 15 is 4.39 Å². The van der Waals surface area contributed by atoms with E-state index in [2.05, 4.69) is 77.6 Å². The van der Waals surface area contributed by atoms with Gasteiger partial charge in [0.05, 0.1) is 35.2 Å². The van der Waals surface area contributed by atoms with Crippen molar-refractivity contribution >= 4 is 62.8 Å². The molecule has 1 aromatic carbocycles. The number of fused-ring (bicyclic) bond motifs is 2. The number of benzene rings is 1. The minimum Gasteiger partial charge on any atom is -0.478 e. The van der Waals surface area contributed by atoms with Crippen molar-refractivity contribution in [3.63, 3.8) is 0 Å². The Kier molecular flexibility index (Phi) is 11.6. The molecule has 0 bridgehead atoms. The molecule has 0 radical (unpaired) electrons. The maximum atomic E-state index is 15.2. The largest absolute Gasteiger partial charge is 0.478 e. The highest BCUT2D eigenvalue weighted by atomic mass is 19.1. The maximum Gasteiger partial charge on any atom is 0.294 e. The number of aryl methyl sites for hydroxylation is 1. The number of hydrogen-bond donors (Lipinski definition) is 3. The number of nitrogens with one attached hydrogen (secondary N) is 3. The number of amides is 3. The van der Waals surface area contributed by atoms with Gasteiger partial charge in [0.15, 0.2) is 24.0 Å². The summed E-state index contributed by atoms with van der Waals surface area (Å²) < 4.78 is 24.1. The van der Waals surface area contributed by atoms with E-state index in [1.165, 1.54) is 30.1 Å². The monoisotopic (exact) mass is 836 g/mol. The van der Waals surface area contributed by atoms with Crippen LogP contribution in [0.2, 0.25) is 0 Å². The first-order chi connectivity index (χ1) is 29.3. The number of ether oxygens (including phenoxy) is 1. The molecule has 7 heterocycles. The quantitative estimate of drug-likeness (QED) is 0.164. The van der Waals surface area contributed by atoms with E-state index in [9.17, 15) is 19.2 Å². The van der Waals surface area contributed by atoms with Gasteiger partial charge in [-0.2, -0.15) is 10.1 Å². The third-order valence-corrected chi connectivity index (χ3v) is 12.4. The predicted molar refractivity (Wildman–Crippen MR) is 230 cm³/mol. The zero-order valence-electron chi connectivity index (χ0n) is 35.4. The van der Waals surface area contributed by atoms with Crippen LogP contribution in [0.25, 0.3) is 21.9 Å². The summed E-state index contributed by atoms with van der Waals surface area (Å²) in [4.78, 5) is 69.9. The normalized spacial score (nSPS) is 21.3. The van der Waals surface area contributed by atoms with E-state index in [-0.39, 0.29) is 41.9 Å². The van der Waals surface area contributed by atoms with Gasteiger partial charge in [0, 0.05) is 88.8 Å². The lowest BCUT2D eigenvalue weighted by Gasteiger charge is -2.45. The summed E-state index contributed by atoms with van der Waals surface area (Å²) in [6, 6.07) is 9.40. The minimum absolute atomic E-state index is 0.00792. The van der Waals surface area contributed by atoms with Gasteiger partial charge in [-0.05, 0) is 68.4 Å². The van der Waals surface area contributed by atoms with Gasteiger partial charge in [0.2, 0.25) is 17.8 Å². The number of nitrogens with zero attached hydrogens (tertiary/aromatic N) is 9. The van der Waals surface area contributed by atoms with E-state index in [1.54, 1.807) is 6.07 Å². The molecule has 3 saturated heterocycles. The lowest BCUT2D eigenvalue weighted by atomic mass is 9.78. The summed E-state index contributed by atoms with van der Waals surface area (Å²) in [5, 5.41) is 14.2. The van der Waals surface area contributed by atoms with Gasteiger partial charge >= 0.3 is 0 Å². The van der Waals surface area contributed by atoms with Crippen LogP contribution in [0.4, 0.5) is 27.5 Å². The van der Waals surface area contributed by atoms with E-state index in [4.69, 9.17) is 9.84 Å². The Balaban J connectivity index is 0.891. The fourth-order valence-corrected chi connectivity index (χ4v) is 9.08. The molecule has 0 saturated carbocycles. The second-order valence-electron chi connectivity index (χ2n) is 16.9. The third kappa shape index (κ3) is 8.45. The van der Waals surface area contributed by atoms with Crippen molar-refractivity contribution in [2.24, 2.45) is 24.8 Å². The summed E-state index contributed by atoms with van der Waals surface area (Å²) in [5.74, 6) is -0.0847. The Morgan fingerprint density at radius 2 is 1.75 bits per heavy atom. The molecule has 322 valence electrons. The zero-order chi connectivity index (χ0) is 43.1. The number of piperazine rings is 1. The highest BCUT2D eigenvalue weighted by Gasteiger charge is 2.35. The Morgan fingerprint density at radius 3 is 2.46 bits per heavy atom. The molecule has 3 amide bonds. The second kappa shape index (κ2) is 17.1. The van der Waals surface area contributed by atoms with Gasteiger partial charge in [-0.3, -0.25) is 38.6 Å². The molecule has 3 atom stereocenters. The molecule has 8 rings (SSSR count). The van der Waals surface area contributed by atoms with Crippen LogP contribution in [-0.2, 0) is 21.4 Å². The van der Waals surface area contributed by atoms with Crippen molar-refractivity contribution in [1.29, 1.82) is 0 Å². The smallest absolute Gasteiger partial charge is 0.294 e. The van der Waals surface area contributed by atoms with Crippen LogP contribution in [0.5, 0.6) is 5.75 Å². The van der Waals surface area contributed by atoms with Crippen LogP contribution in [-0.4, -0.2) is 111 Å². The number of hydrogen-bond acceptors (Lipinski definition) is 13. The van der Waals surface area contributed by atoms with Gasteiger partial charge in [0.25, 0.3) is 11.5 Å². The highest BCUT2D eigenvalue weighted by molar-refractivity contribution is 6.02. The van der Waals surface area contributed by atoms with Crippen molar-refractivity contribution in [2.75, 3.05) is 74.6 Å².